The Morgan fingerprint density at radius 3 is 2.80 bits per heavy atom. The van der Waals surface area contributed by atoms with E-state index in [9.17, 15) is 4.79 Å². The largest absolute Gasteiger partial charge is 0.359 e. The van der Waals surface area contributed by atoms with Gasteiger partial charge in [0, 0.05) is 36.7 Å². The van der Waals surface area contributed by atoms with Crippen molar-refractivity contribution in [3.63, 3.8) is 0 Å². The van der Waals surface area contributed by atoms with Crippen LogP contribution in [0.4, 0.5) is 4.79 Å². The first-order valence-electron chi connectivity index (χ1n) is 8.86. The Hall–Kier alpha value is -2.34. The molecule has 4 rings (SSSR count). The minimum absolute atomic E-state index is 0.0101. The minimum atomic E-state index is -0.0101. The van der Waals surface area contributed by atoms with Crippen molar-refractivity contribution in [3.05, 3.63) is 42.2 Å². The maximum Gasteiger partial charge on any atom is 0.317 e. The number of hydrogen-bond acceptors (Lipinski definition) is 4. The monoisotopic (exact) mass is 340 g/mol. The smallest absolute Gasteiger partial charge is 0.317 e. The van der Waals surface area contributed by atoms with E-state index in [-0.39, 0.29) is 6.03 Å². The number of nitrogens with one attached hydrogen (secondary N) is 1. The Bertz CT molecular complexity index is 745. The zero-order valence-electron chi connectivity index (χ0n) is 14.6. The predicted molar refractivity (Wildman–Crippen MR) is 94.9 cm³/mol. The molecule has 3 heterocycles. The van der Waals surface area contributed by atoms with Gasteiger partial charge in [-0.1, -0.05) is 35.5 Å². The average molecular weight is 340 g/mol. The first kappa shape index (κ1) is 16.1. The Labute approximate surface area is 147 Å². The summed E-state index contributed by atoms with van der Waals surface area (Å²) in [4.78, 5) is 16.8. The summed E-state index contributed by atoms with van der Waals surface area (Å²) in [6.07, 6.45) is 2.29. The van der Waals surface area contributed by atoms with Gasteiger partial charge in [-0.25, -0.2) is 4.79 Å². The van der Waals surface area contributed by atoms with E-state index in [0.29, 0.717) is 17.7 Å². The van der Waals surface area contributed by atoms with E-state index in [1.54, 1.807) is 0 Å². The highest BCUT2D eigenvalue weighted by Gasteiger charge is 2.43. The maximum atomic E-state index is 12.5. The zero-order valence-corrected chi connectivity index (χ0v) is 14.6. The Balaban J connectivity index is 1.32. The van der Waals surface area contributed by atoms with Crippen LogP contribution >= 0.6 is 0 Å². The quantitative estimate of drug-likeness (QED) is 0.933. The van der Waals surface area contributed by atoms with E-state index in [1.165, 1.54) is 6.42 Å². The van der Waals surface area contributed by atoms with Crippen LogP contribution in [-0.4, -0.2) is 54.2 Å². The summed E-state index contributed by atoms with van der Waals surface area (Å²) in [5, 5.41) is 7.05. The normalized spacial score (nSPS) is 23.5. The van der Waals surface area contributed by atoms with Crippen molar-refractivity contribution in [2.24, 2.45) is 5.41 Å². The lowest BCUT2D eigenvalue weighted by Gasteiger charge is -2.23. The number of benzene rings is 1. The molecule has 1 aromatic heterocycles. The Kier molecular flexibility index (Phi) is 4.21. The minimum Gasteiger partial charge on any atom is -0.359 e. The summed E-state index contributed by atoms with van der Waals surface area (Å²) in [5.74, 6) is 0.668. The number of nitrogens with zero attached hydrogens (tertiary/aromatic N) is 3. The van der Waals surface area contributed by atoms with Crippen molar-refractivity contribution in [1.82, 2.24) is 20.3 Å². The topological polar surface area (TPSA) is 61.6 Å². The molecule has 0 radical (unpaired) electrons. The number of carbonyl (C=O) groups is 1. The molecule has 6 nitrogen and oxygen atoms in total. The van der Waals surface area contributed by atoms with Crippen molar-refractivity contribution in [2.75, 3.05) is 33.2 Å². The Morgan fingerprint density at radius 1 is 1.24 bits per heavy atom. The van der Waals surface area contributed by atoms with Crippen LogP contribution < -0.4 is 5.32 Å². The average Bonchev–Trinajstić information content (AvgIpc) is 3.35. The zero-order chi connectivity index (χ0) is 17.3. The number of urea groups is 1. The molecule has 2 aromatic rings. The van der Waals surface area contributed by atoms with Crippen LogP contribution in [0.3, 0.4) is 0 Å². The number of aromatic nitrogens is 1. The molecule has 1 N–H and O–H groups in total. The second-order valence-corrected chi connectivity index (χ2v) is 7.36. The second-order valence-electron chi connectivity index (χ2n) is 7.36. The van der Waals surface area contributed by atoms with Crippen molar-refractivity contribution in [2.45, 2.75) is 19.4 Å². The first-order valence-corrected chi connectivity index (χ1v) is 8.86. The molecule has 25 heavy (non-hydrogen) atoms. The van der Waals surface area contributed by atoms with Gasteiger partial charge in [0.25, 0.3) is 0 Å². The number of likely N-dealkylation sites (tertiary alicyclic amines) is 2. The molecule has 132 valence electrons. The van der Waals surface area contributed by atoms with Crippen LogP contribution in [0.15, 0.2) is 40.9 Å². The molecule has 0 aliphatic carbocycles. The molecule has 1 aromatic carbocycles. The summed E-state index contributed by atoms with van der Waals surface area (Å²) in [6, 6.07) is 11.8. The predicted octanol–water partition coefficient (Wildman–Crippen LogP) is 2.58. The summed E-state index contributed by atoms with van der Waals surface area (Å²) in [6.45, 7) is 4.29. The van der Waals surface area contributed by atoms with Gasteiger partial charge in [-0.3, -0.25) is 0 Å². The molecule has 1 spiro atoms. The van der Waals surface area contributed by atoms with Crippen LogP contribution in [0.2, 0.25) is 0 Å². The summed E-state index contributed by atoms with van der Waals surface area (Å²) in [5.41, 5.74) is 2.10. The van der Waals surface area contributed by atoms with Crippen molar-refractivity contribution in [1.29, 1.82) is 0 Å². The Morgan fingerprint density at radius 2 is 2.04 bits per heavy atom. The molecule has 1 atom stereocenters. The fraction of sp³-hybridized carbons (Fsp3) is 0.474. The molecule has 2 aliphatic heterocycles. The molecule has 1 unspecified atom stereocenters. The van der Waals surface area contributed by atoms with Gasteiger partial charge in [0.15, 0.2) is 5.76 Å². The fourth-order valence-electron chi connectivity index (χ4n) is 4.02. The second kappa shape index (κ2) is 6.52. The van der Waals surface area contributed by atoms with Crippen LogP contribution in [-0.2, 0) is 6.54 Å². The third kappa shape index (κ3) is 3.39. The fourth-order valence-corrected chi connectivity index (χ4v) is 4.02. The summed E-state index contributed by atoms with van der Waals surface area (Å²) in [7, 11) is 2.16. The van der Waals surface area contributed by atoms with E-state index >= 15 is 0 Å². The van der Waals surface area contributed by atoms with E-state index < -0.39 is 0 Å². The standard InChI is InChI=1S/C19H24N4O2/c1-22-9-7-19(13-22)8-10-23(14-19)18(24)20-12-16-11-17(21-25-16)15-5-3-2-4-6-15/h2-6,11H,7-10,12-14H2,1H3,(H,20,24). The molecule has 2 amide bonds. The number of carbonyl (C=O) groups excluding carboxylic acids is 1. The molecule has 2 fully saturated rings. The lowest BCUT2D eigenvalue weighted by atomic mass is 9.86. The lowest BCUT2D eigenvalue weighted by molar-refractivity contribution is 0.198. The van der Waals surface area contributed by atoms with Gasteiger partial charge >= 0.3 is 6.03 Å². The lowest BCUT2D eigenvalue weighted by Crippen LogP contribution is -2.40. The van der Waals surface area contributed by atoms with Gasteiger partial charge in [0.2, 0.25) is 0 Å². The van der Waals surface area contributed by atoms with Crippen LogP contribution in [0.5, 0.6) is 0 Å². The van der Waals surface area contributed by atoms with Crippen molar-refractivity contribution >= 4 is 6.03 Å². The number of amides is 2. The van der Waals surface area contributed by atoms with E-state index in [2.05, 4.69) is 22.4 Å². The maximum absolute atomic E-state index is 12.5. The summed E-state index contributed by atoms with van der Waals surface area (Å²) >= 11 is 0. The van der Waals surface area contributed by atoms with E-state index in [0.717, 1.165) is 43.9 Å². The van der Waals surface area contributed by atoms with Crippen molar-refractivity contribution < 1.29 is 9.32 Å². The van der Waals surface area contributed by atoms with Gasteiger partial charge in [-0.15, -0.1) is 0 Å². The highest BCUT2D eigenvalue weighted by atomic mass is 16.5. The number of hydrogen-bond donors (Lipinski definition) is 1. The van der Waals surface area contributed by atoms with Gasteiger partial charge in [-0.2, -0.15) is 0 Å². The molecular weight excluding hydrogens is 316 g/mol. The van der Waals surface area contributed by atoms with Crippen molar-refractivity contribution in [3.8, 4) is 11.3 Å². The third-order valence-electron chi connectivity index (χ3n) is 5.40. The molecule has 0 saturated carbocycles. The van der Waals surface area contributed by atoms with Gasteiger partial charge < -0.3 is 19.6 Å². The number of rotatable bonds is 3. The molecular formula is C19H24N4O2. The highest BCUT2D eigenvalue weighted by molar-refractivity contribution is 5.74. The third-order valence-corrected chi connectivity index (χ3v) is 5.40. The van der Waals surface area contributed by atoms with Gasteiger partial charge in [-0.05, 0) is 26.4 Å². The SMILES string of the molecule is CN1CCC2(CCN(C(=O)NCc3cc(-c4ccccc4)no3)C2)C1. The van der Waals surface area contributed by atoms with Crippen LogP contribution in [0.1, 0.15) is 18.6 Å². The molecule has 6 heteroatoms. The summed E-state index contributed by atoms with van der Waals surface area (Å²) < 4.78 is 5.35. The van der Waals surface area contributed by atoms with E-state index in [4.69, 9.17) is 4.52 Å². The van der Waals surface area contributed by atoms with E-state index in [1.807, 2.05) is 41.3 Å². The molecule has 2 aliphatic rings. The molecule has 2 saturated heterocycles. The highest BCUT2D eigenvalue weighted by Crippen LogP contribution is 2.38. The van der Waals surface area contributed by atoms with Crippen LogP contribution in [0.25, 0.3) is 11.3 Å². The first-order chi connectivity index (χ1) is 12.1. The van der Waals surface area contributed by atoms with Crippen LogP contribution in [0, 0.1) is 5.41 Å². The van der Waals surface area contributed by atoms with Gasteiger partial charge in [0.1, 0.15) is 5.69 Å². The molecule has 0 bridgehead atoms. The van der Waals surface area contributed by atoms with Gasteiger partial charge in [0.05, 0.1) is 6.54 Å².